The van der Waals surface area contributed by atoms with Gasteiger partial charge in [-0.1, -0.05) is 92.2 Å². The summed E-state index contributed by atoms with van der Waals surface area (Å²) in [5.41, 5.74) is 16.6. The van der Waals surface area contributed by atoms with E-state index in [2.05, 4.69) is 105 Å². The van der Waals surface area contributed by atoms with Crippen molar-refractivity contribution >= 4 is 14.0 Å². The van der Waals surface area contributed by atoms with E-state index >= 15 is 0 Å². The highest BCUT2D eigenvalue weighted by atomic mass is 28.3. The minimum absolute atomic E-state index is 0.170. The summed E-state index contributed by atoms with van der Waals surface area (Å²) in [6, 6.07) is 14.4. The second-order valence-electron chi connectivity index (χ2n) is 11.3. The Balaban J connectivity index is 2.02. The number of hydrogen-bond donors (Lipinski definition) is 0. The molecular weight excluding hydrogens is 400 g/mol. The SMILES string of the molecule is CC1=C([Si](C)C)c2c(ccc(C3C(C)=C(C)C(C)=C3C)c2-c2ccc(C(C)(C)C)cc2)C1. The first kappa shape index (κ1) is 23.0. The Morgan fingerprint density at radius 3 is 1.81 bits per heavy atom. The zero-order valence-corrected chi connectivity index (χ0v) is 22.7. The summed E-state index contributed by atoms with van der Waals surface area (Å²) in [5.74, 6) is 0.393. The van der Waals surface area contributed by atoms with Crippen LogP contribution in [-0.4, -0.2) is 8.80 Å². The maximum Gasteiger partial charge on any atom is 0.0799 e. The van der Waals surface area contributed by atoms with Gasteiger partial charge in [-0.05, 0) is 91.0 Å². The highest BCUT2D eigenvalue weighted by Crippen LogP contribution is 2.50. The Labute approximate surface area is 197 Å². The standard InChI is InChI=1S/C31H39Si/c1-18-17-24-13-16-26(27-21(4)19(2)20(3)22(27)5)28(29(24)30(18)32(9)10)23-11-14-25(15-12-23)31(6,7)8/h11-16,27H,17H2,1-10H3. The summed E-state index contributed by atoms with van der Waals surface area (Å²) in [6.07, 6.45) is 1.11. The zero-order valence-electron chi connectivity index (χ0n) is 21.7. The molecule has 2 aromatic rings. The molecule has 0 unspecified atom stereocenters. The molecule has 0 amide bonds. The molecule has 0 aliphatic heterocycles. The van der Waals surface area contributed by atoms with E-state index in [4.69, 9.17) is 0 Å². The van der Waals surface area contributed by atoms with Gasteiger partial charge in [-0.3, -0.25) is 0 Å². The van der Waals surface area contributed by atoms with Crippen LogP contribution in [0.3, 0.4) is 0 Å². The van der Waals surface area contributed by atoms with E-state index in [0.717, 1.165) is 6.42 Å². The molecule has 0 fully saturated rings. The van der Waals surface area contributed by atoms with Crippen molar-refractivity contribution in [2.45, 2.75) is 86.2 Å². The smallest absolute Gasteiger partial charge is 0.0693 e. The Bertz CT molecular complexity index is 1150. The monoisotopic (exact) mass is 439 g/mol. The lowest BCUT2D eigenvalue weighted by atomic mass is 9.80. The fourth-order valence-corrected chi connectivity index (χ4v) is 7.59. The Morgan fingerprint density at radius 1 is 0.750 bits per heavy atom. The van der Waals surface area contributed by atoms with Crippen molar-refractivity contribution < 1.29 is 0 Å². The lowest BCUT2D eigenvalue weighted by Gasteiger charge is -2.25. The molecule has 0 N–H and O–H groups in total. The fraction of sp³-hybridized carbons (Fsp3) is 0.419. The third-order valence-corrected chi connectivity index (χ3v) is 9.60. The van der Waals surface area contributed by atoms with Crippen molar-refractivity contribution in [1.29, 1.82) is 0 Å². The van der Waals surface area contributed by atoms with Crippen LogP contribution in [0.25, 0.3) is 16.3 Å². The van der Waals surface area contributed by atoms with Crippen molar-refractivity contribution in [3.05, 3.63) is 86.5 Å². The van der Waals surface area contributed by atoms with Gasteiger partial charge in [-0.15, -0.1) is 0 Å². The number of fused-ring (bicyclic) bond motifs is 1. The molecule has 0 saturated heterocycles. The van der Waals surface area contributed by atoms with Gasteiger partial charge < -0.3 is 0 Å². The minimum Gasteiger partial charge on any atom is -0.0693 e. The van der Waals surface area contributed by atoms with Gasteiger partial charge in [0.15, 0.2) is 0 Å². The minimum atomic E-state index is -0.565. The van der Waals surface area contributed by atoms with E-state index < -0.39 is 8.80 Å². The molecule has 2 aliphatic rings. The van der Waals surface area contributed by atoms with Crippen LogP contribution in [0.1, 0.15) is 83.6 Å². The number of rotatable bonds is 3. The lowest BCUT2D eigenvalue weighted by molar-refractivity contribution is 0.590. The molecule has 0 heterocycles. The van der Waals surface area contributed by atoms with Gasteiger partial charge in [0.25, 0.3) is 0 Å². The van der Waals surface area contributed by atoms with Crippen molar-refractivity contribution in [2.75, 3.05) is 0 Å². The van der Waals surface area contributed by atoms with Crippen LogP contribution in [0.2, 0.25) is 13.1 Å². The van der Waals surface area contributed by atoms with E-state index in [1.54, 1.807) is 16.3 Å². The Kier molecular flexibility index (Phi) is 5.78. The summed E-state index contributed by atoms with van der Waals surface area (Å²) in [7, 11) is -0.565. The van der Waals surface area contributed by atoms with E-state index in [1.165, 1.54) is 50.1 Å². The van der Waals surface area contributed by atoms with Crippen LogP contribution >= 0.6 is 0 Å². The quantitative estimate of drug-likeness (QED) is 0.418. The summed E-state index contributed by atoms with van der Waals surface area (Å²) in [4.78, 5) is 0. The summed E-state index contributed by atoms with van der Waals surface area (Å²) < 4.78 is 0. The topological polar surface area (TPSA) is 0 Å². The van der Waals surface area contributed by atoms with Gasteiger partial charge in [0, 0.05) is 5.92 Å². The second-order valence-corrected chi connectivity index (χ2v) is 13.8. The first-order valence-electron chi connectivity index (χ1n) is 12.1. The van der Waals surface area contributed by atoms with Crippen LogP contribution < -0.4 is 0 Å². The molecule has 2 aromatic carbocycles. The van der Waals surface area contributed by atoms with Crippen molar-refractivity contribution in [1.82, 2.24) is 0 Å². The predicted molar refractivity (Wildman–Crippen MR) is 144 cm³/mol. The third-order valence-electron chi connectivity index (χ3n) is 7.92. The van der Waals surface area contributed by atoms with Crippen molar-refractivity contribution in [3.8, 4) is 11.1 Å². The van der Waals surface area contributed by atoms with Gasteiger partial charge >= 0.3 is 0 Å². The molecular formula is C31H39Si. The van der Waals surface area contributed by atoms with Crippen LogP contribution in [0, 0.1) is 0 Å². The Hall–Kier alpha value is -2.12. The fourth-order valence-electron chi connectivity index (χ4n) is 5.86. The van der Waals surface area contributed by atoms with Crippen molar-refractivity contribution in [2.24, 2.45) is 0 Å². The van der Waals surface area contributed by atoms with Gasteiger partial charge in [0.1, 0.15) is 0 Å². The molecule has 1 radical (unpaired) electrons. The number of benzene rings is 2. The normalized spacial score (nSPS) is 17.3. The third kappa shape index (κ3) is 3.59. The first-order valence-corrected chi connectivity index (χ1v) is 14.6. The molecule has 0 saturated carbocycles. The summed E-state index contributed by atoms with van der Waals surface area (Å²) >= 11 is 0. The second kappa shape index (κ2) is 8.03. The first-order chi connectivity index (χ1) is 14.9. The molecule has 2 aliphatic carbocycles. The molecule has 167 valence electrons. The molecule has 32 heavy (non-hydrogen) atoms. The highest BCUT2D eigenvalue weighted by Gasteiger charge is 2.33. The highest BCUT2D eigenvalue weighted by molar-refractivity contribution is 6.77. The van der Waals surface area contributed by atoms with Crippen LogP contribution in [-0.2, 0) is 11.8 Å². The van der Waals surface area contributed by atoms with Gasteiger partial charge in [-0.2, -0.15) is 0 Å². The molecule has 0 nitrogen and oxygen atoms in total. The van der Waals surface area contributed by atoms with E-state index in [-0.39, 0.29) is 5.41 Å². The van der Waals surface area contributed by atoms with Gasteiger partial charge in [0.2, 0.25) is 0 Å². The Morgan fingerprint density at radius 2 is 1.31 bits per heavy atom. The summed E-state index contributed by atoms with van der Waals surface area (Å²) in [6.45, 7) is 23.5. The van der Waals surface area contributed by atoms with Gasteiger partial charge in [-0.25, -0.2) is 0 Å². The number of hydrogen-bond acceptors (Lipinski definition) is 0. The predicted octanol–water partition coefficient (Wildman–Crippen LogP) is 9.04. The number of allylic oxidation sites excluding steroid dienone is 5. The van der Waals surface area contributed by atoms with Gasteiger partial charge in [0.05, 0.1) is 8.80 Å². The van der Waals surface area contributed by atoms with Crippen LogP contribution in [0.4, 0.5) is 0 Å². The maximum absolute atomic E-state index is 2.46. The molecule has 0 aromatic heterocycles. The van der Waals surface area contributed by atoms with Crippen LogP contribution in [0.5, 0.6) is 0 Å². The largest absolute Gasteiger partial charge is 0.0799 e. The maximum atomic E-state index is 2.46. The summed E-state index contributed by atoms with van der Waals surface area (Å²) in [5, 5.41) is 1.66. The average Bonchev–Trinajstić information content (AvgIpc) is 3.16. The molecule has 0 spiro atoms. The van der Waals surface area contributed by atoms with Crippen LogP contribution in [0.15, 0.2) is 64.3 Å². The average molecular weight is 440 g/mol. The van der Waals surface area contributed by atoms with E-state index in [9.17, 15) is 0 Å². The van der Waals surface area contributed by atoms with Crippen molar-refractivity contribution in [3.63, 3.8) is 0 Å². The molecule has 0 atom stereocenters. The van der Waals surface area contributed by atoms with E-state index in [1.807, 2.05) is 0 Å². The zero-order chi connectivity index (χ0) is 23.5. The molecule has 1 heteroatoms. The lowest BCUT2D eigenvalue weighted by Crippen LogP contribution is -2.11. The molecule has 4 rings (SSSR count). The molecule has 0 bridgehead atoms. The van der Waals surface area contributed by atoms with E-state index in [0.29, 0.717) is 5.92 Å².